The van der Waals surface area contributed by atoms with Gasteiger partial charge in [-0.3, -0.25) is 9.59 Å². The summed E-state index contributed by atoms with van der Waals surface area (Å²) in [4.78, 5) is 25.9. The number of aryl methyl sites for hydroxylation is 3. The molecule has 2 amide bonds. The molecule has 1 atom stereocenters. The Morgan fingerprint density at radius 2 is 2.05 bits per heavy atom. The zero-order valence-corrected chi connectivity index (χ0v) is 21.3. The number of rotatable bonds is 8. The van der Waals surface area contributed by atoms with Gasteiger partial charge in [0.1, 0.15) is 17.1 Å². The Balaban J connectivity index is 1.43. The van der Waals surface area contributed by atoms with Gasteiger partial charge in [-0.15, -0.1) is 0 Å². The molecule has 1 aromatic heterocycles. The van der Waals surface area contributed by atoms with Crippen LogP contribution in [0.25, 0.3) is 0 Å². The van der Waals surface area contributed by atoms with Gasteiger partial charge in [0, 0.05) is 25.6 Å². The molecule has 0 saturated heterocycles. The lowest BCUT2D eigenvalue weighted by atomic mass is 9.82. The van der Waals surface area contributed by atoms with Crippen molar-refractivity contribution in [1.82, 2.24) is 15.1 Å². The van der Waals surface area contributed by atoms with Crippen LogP contribution in [0, 0.1) is 5.92 Å². The molecule has 2 heterocycles. The highest BCUT2D eigenvalue weighted by Crippen LogP contribution is 2.44. The predicted molar refractivity (Wildman–Crippen MR) is 130 cm³/mol. The van der Waals surface area contributed by atoms with Crippen LogP contribution in [0.4, 0.5) is 19.0 Å². The number of carbonyl (C=O) groups excluding carboxylic acids is 2. The summed E-state index contributed by atoms with van der Waals surface area (Å²) in [6.07, 6.45) is 0.428. The first-order valence-corrected chi connectivity index (χ1v) is 14.5. The number of hydrogen-bond acceptors (Lipinski definition) is 5. The van der Waals surface area contributed by atoms with E-state index in [2.05, 4.69) is 15.7 Å². The summed E-state index contributed by atoms with van der Waals surface area (Å²) >= 11 is 0. The Bertz CT molecular complexity index is 1360. The number of sulfone groups is 1. The molecule has 1 fully saturated rings. The van der Waals surface area contributed by atoms with Crippen molar-refractivity contribution in [2.75, 3.05) is 17.3 Å². The number of anilines is 1. The second-order valence-electron chi connectivity index (χ2n) is 10.6. The number of alkyl halides is 3. The van der Waals surface area contributed by atoms with Gasteiger partial charge >= 0.3 is 6.18 Å². The fourth-order valence-corrected chi connectivity index (χ4v) is 6.00. The van der Waals surface area contributed by atoms with Crippen LogP contribution in [0.1, 0.15) is 64.8 Å². The lowest BCUT2D eigenvalue weighted by molar-refractivity contribution is -0.134. The summed E-state index contributed by atoms with van der Waals surface area (Å²) < 4.78 is 62.8. The van der Waals surface area contributed by atoms with Crippen LogP contribution < -0.4 is 10.6 Å². The Morgan fingerprint density at radius 1 is 1.30 bits per heavy atom. The highest BCUT2D eigenvalue weighted by Gasteiger charge is 2.46. The number of nitrogens with zero attached hydrogens (tertiary/aromatic N) is 2. The first kappa shape index (κ1) is 25.7. The smallest absolute Gasteiger partial charge is 0.342 e. The zero-order valence-electron chi connectivity index (χ0n) is 20.5. The minimum Gasteiger partial charge on any atom is -0.342 e. The van der Waals surface area contributed by atoms with Gasteiger partial charge in [0.2, 0.25) is 5.91 Å². The van der Waals surface area contributed by atoms with Crippen LogP contribution >= 0.6 is 0 Å². The van der Waals surface area contributed by atoms with Crippen molar-refractivity contribution in [3.63, 3.8) is 0 Å². The van der Waals surface area contributed by atoms with Crippen LogP contribution in [0.5, 0.6) is 0 Å². The molecule has 37 heavy (non-hydrogen) atoms. The summed E-state index contributed by atoms with van der Waals surface area (Å²) in [5, 5.41) is 10.4. The maximum Gasteiger partial charge on any atom is 0.389 e. The molecule has 1 aromatic carbocycles. The molecule has 12 heteroatoms. The van der Waals surface area contributed by atoms with Crippen molar-refractivity contribution < 1.29 is 31.2 Å². The molecule has 2 aromatic rings. The molecule has 5 rings (SSSR count). The highest BCUT2D eigenvalue weighted by molar-refractivity contribution is 7.91. The standard InChI is InChI=1S/C25H29F3N4O4S/c1-37(35,36)14-20(33)29-22-21-19(31-32(22)11-8-15-2-3-15)13-24(30-23(21)34)9-7-17-12-16(4-5-18(17)24)6-10-25(26,27)28/h4-5,12,15H,2-3,6-11,13-14H2,1H3,(H,29,33)(H,30,34)/t24-/m1/s1. The van der Waals surface area contributed by atoms with Crippen LogP contribution in [-0.2, 0) is 46.0 Å². The third-order valence-electron chi connectivity index (χ3n) is 7.37. The SMILES string of the molecule is CS(=O)(=O)CC(=O)Nc1c2c(nn1CCC1CC1)C[C@@]1(CCc3cc(CCC(F)(F)F)ccc31)NC2=O. The molecule has 2 aliphatic carbocycles. The number of hydrogen-bond donors (Lipinski definition) is 2. The van der Waals surface area contributed by atoms with Crippen molar-refractivity contribution >= 4 is 27.5 Å². The topological polar surface area (TPSA) is 110 Å². The van der Waals surface area contributed by atoms with E-state index in [4.69, 9.17) is 0 Å². The van der Waals surface area contributed by atoms with Crippen LogP contribution in [0.2, 0.25) is 0 Å². The van der Waals surface area contributed by atoms with Gasteiger partial charge in [-0.2, -0.15) is 18.3 Å². The molecule has 3 aliphatic rings. The summed E-state index contributed by atoms with van der Waals surface area (Å²) in [5.74, 6) is -1.07. The average molecular weight is 539 g/mol. The summed E-state index contributed by atoms with van der Waals surface area (Å²) in [6.45, 7) is 0.492. The van der Waals surface area contributed by atoms with Crippen molar-refractivity contribution in [2.45, 2.75) is 69.6 Å². The molecule has 2 N–H and O–H groups in total. The first-order valence-electron chi connectivity index (χ1n) is 12.4. The van der Waals surface area contributed by atoms with Gasteiger partial charge in [0.25, 0.3) is 5.91 Å². The predicted octanol–water partition coefficient (Wildman–Crippen LogP) is 3.29. The number of amides is 2. The van der Waals surface area contributed by atoms with E-state index in [0.717, 1.165) is 36.6 Å². The minimum absolute atomic E-state index is 0.0950. The van der Waals surface area contributed by atoms with E-state index in [1.54, 1.807) is 22.9 Å². The highest BCUT2D eigenvalue weighted by atomic mass is 32.2. The minimum atomic E-state index is -4.22. The molecule has 0 radical (unpaired) electrons. The lowest BCUT2D eigenvalue weighted by Crippen LogP contribution is -2.50. The van der Waals surface area contributed by atoms with Crippen molar-refractivity contribution in [1.29, 1.82) is 0 Å². The number of fused-ring (bicyclic) bond motifs is 3. The Hall–Kier alpha value is -2.89. The van der Waals surface area contributed by atoms with Gasteiger partial charge < -0.3 is 10.6 Å². The normalized spacial score (nSPS) is 21.0. The molecular formula is C25H29F3N4O4S. The Labute approximate surface area is 212 Å². The van der Waals surface area contributed by atoms with E-state index < -0.39 is 45.5 Å². The molecule has 200 valence electrons. The molecule has 0 unspecified atom stereocenters. The monoisotopic (exact) mass is 538 g/mol. The summed E-state index contributed by atoms with van der Waals surface area (Å²) in [6, 6.07) is 5.28. The van der Waals surface area contributed by atoms with E-state index in [0.29, 0.717) is 43.0 Å². The number of carbonyl (C=O) groups is 2. The number of nitrogens with one attached hydrogen (secondary N) is 2. The van der Waals surface area contributed by atoms with Crippen molar-refractivity contribution in [2.24, 2.45) is 5.92 Å². The number of aromatic nitrogens is 2. The molecule has 1 saturated carbocycles. The fourth-order valence-electron chi connectivity index (χ4n) is 5.45. The van der Waals surface area contributed by atoms with Gasteiger partial charge in [0.05, 0.1) is 11.2 Å². The summed E-state index contributed by atoms with van der Waals surface area (Å²) in [5.41, 5.74) is 2.42. The maximum absolute atomic E-state index is 13.4. The van der Waals surface area contributed by atoms with E-state index in [1.165, 1.54) is 0 Å². The van der Waals surface area contributed by atoms with Crippen LogP contribution in [0.3, 0.4) is 0 Å². The van der Waals surface area contributed by atoms with Gasteiger partial charge in [-0.25, -0.2) is 13.1 Å². The van der Waals surface area contributed by atoms with Gasteiger partial charge in [0.15, 0.2) is 9.84 Å². The van der Waals surface area contributed by atoms with E-state index in [-0.39, 0.29) is 17.8 Å². The number of benzene rings is 1. The van der Waals surface area contributed by atoms with E-state index in [9.17, 15) is 31.2 Å². The van der Waals surface area contributed by atoms with Gasteiger partial charge in [-0.05, 0) is 48.3 Å². The summed E-state index contributed by atoms with van der Waals surface area (Å²) in [7, 11) is -3.56. The largest absolute Gasteiger partial charge is 0.389 e. The third-order valence-corrected chi connectivity index (χ3v) is 8.16. The Kier molecular flexibility index (Phi) is 6.36. The van der Waals surface area contributed by atoms with E-state index in [1.807, 2.05) is 0 Å². The second-order valence-corrected chi connectivity index (χ2v) is 12.7. The molecule has 1 aliphatic heterocycles. The molecule has 8 nitrogen and oxygen atoms in total. The quantitative estimate of drug-likeness (QED) is 0.536. The average Bonchev–Trinajstić information content (AvgIpc) is 3.47. The van der Waals surface area contributed by atoms with Crippen molar-refractivity contribution in [3.05, 3.63) is 46.1 Å². The molecule has 1 spiro atoms. The second kappa shape index (κ2) is 9.14. The fraction of sp³-hybridized carbons (Fsp3) is 0.560. The maximum atomic E-state index is 13.4. The Morgan fingerprint density at radius 3 is 2.73 bits per heavy atom. The zero-order chi connectivity index (χ0) is 26.6. The molecular weight excluding hydrogens is 509 g/mol. The van der Waals surface area contributed by atoms with Crippen LogP contribution in [0.15, 0.2) is 18.2 Å². The van der Waals surface area contributed by atoms with Crippen molar-refractivity contribution in [3.8, 4) is 0 Å². The first-order chi connectivity index (χ1) is 17.3. The molecule has 0 bridgehead atoms. The lowest BCUT2D eigenvalue weighted by Gasteiger charge is -2.35. The third kappa shape index (κ3) is 5.68. The van der Waals surface area contributed by atoms with E-state index >= 15 is 0 Å². The van der Waals surface area contributed by atoms with Crippen LogP contribution in [-0.4, -0.2) is 48.2 Å². The number of halogens is 3. The van der Waals surface area contributed by atoms with Gasteiger partial charge in [-0.1, -0.05) is 31.0 Å².